The van der Waals surface area contributed by atoms with Crippen molar-refractivity contribution in [2.45, 2.75) is 31.7 Å². The van der Waals surface area contributed by atoms with Crippen molar-refractivity contribution in [3.05, 3.63) is 24.3 Å². The summed E-state index contributed by atoms with van der Waals surface area (Å²) in [5.41, 5.74) is 7.79. The number of hydrogen-bond donors (Lipinski definition) is 1. The Hall–Kier alpha value is -1.73. The molecule has 108 valence electrons. The monoisotopic (exact) mass is 272 g/mol. The van der Waals surface area contributed by atoms with E-state index in [2.05, 4.69) is 47.2 Å². The third kappa shape index (κ3) is 3.43. The Balaban J connectivity index is 1.89. The van der Waals surface area contributed by atoms with Gasteiger partial charge in [-0.25, -0.2) is 0 Å². The van der Waals surface area contributed by atoms with Crippen molar-refractivity contribution in [1.29, 1.82) is 5.26 Å². The lowest BCUT2D eigenvalue weighted by Crippen LogP contribution is -2.40. The molecular formula is C16H24N4. The number of benzene rings is 1. The first kappa shape index (κ1) is 14.7. The van der Waals surface area contributed by atoms with Crippen molar-refractivity contribution in [2.75, 3.05) is 36.5 Å². The van der Waals surface area contributed by atoms with Crippen LogP contribution in [0.2, 0.25) is 0 Å². The number of likely N-dealkylation sites (N-methyl/N-ethyl adjacent to an activating group) is 1. The summed E-state index contributed by atoms with van der Waals surface area (Å²) >= 11 is 0. The number of nitrogens with zero attached hydrogens (tertiary/aromatic N) is 3. The molecule has 0 amide bonds. The molecule has 1 aromatic carbocycles. The van der Waals surface area contributed by atoms with E-state index in [1.807, 2.05) is 0 Å². The Morgan fingerprint density at radius 3 is 2.65 bits per heavy atom. The summed E-state index contributed by atoms with van der Waals surface area (Å²) < 4.78 is 0. The Morgan fingerprint density at radius 1 is 1.25 bits per heavy atom. The Kier molecular flexibility index (Phi) is 4.51. The molecule has 1 heterocycles. The minimum atomic E-state index is -0.681. The van der Waals surface area contributed by atoms with E-state index < -0.39 is 5.54 Å². The molecule has 0 aromatic heterocycles. The zero-order chi connectivity index (χ0) is 14.6. The van der Waals surface area contributed by atoms with Crippen molar-refractivity contribution in [3.8, 4) is 6.07 Å². The normalized spacial score (nSPS) is 17.3. The summed E-state index contributed by atoms with van der Waals surface area (Å²) in [6, 6.07) is 10.7. The highest BCUT2D eigenvalue weighted by Gasteiger charge is 2.20. The van der Waals surface area contributed by atoms with Crippen molar-refractivity contribution >= 4 is 11.4 Å². The maximum atomic E-state index is 8.91. The maximum Gasteiger partial charge on any atom is 0.101 e. The summed E-state index contributed by atoms with van der Waals surface area (Å²) in [5, 5.41) is 8.91. The number of hydrogen-bond acceptors (Lipinski definition) is 4. The Morgan fingerprint density at radius 2 is 1.95 bits per heavy atom. The molecular weight excluding hydrogens is 248 g/mol. The van der Waals surface area contributed by atoms with E-state index in [0.29, 0.717) is 0 Å². The summed E-state index contributed by atoms with van der Waals surface area (Å²) in [4.78, 5) is 4.74. The molecule has 20 heavy (non-hydrogen) atoms. The van der Waals surface area contributed by atoms with Crippen LogP contribution in [0.3, 0.4) is 0 Å². The number of nitriles is 1. The molecule has 4 heteroatoms. The predicted octanol–water partition coefficient (Wildman–Crippen LogP) is 2.35. The van der Waals surface area contributed by atoms with Crippen LogP contribution in [-0.2, 0) is 0 Å². The molecule has 0 spiro atoms. The van der Waals surface area contributed by atoms with Gasteiger partial charge in [-0.15, -0.1) is 0 Å². The summed E-state index contributed by atoms with van der Waals surface area (Å²) in [7, 11) is 2.14. The minimum absolute atomic E-state index is 0.681. The molecule has 0 radical (unpaired) electrons. The smallest absolute Gasteiger partial charge is 0.101 e. The van der Waals surface area contributed by atoms with E-state index in [0.717, 1.165) is 38.9 Å². The van der Waals surface area contributed by atoms with Crippen LogP contribution in [-0.4, -0.2) is 32.2 Å². The van der Waals surface area contributed by atoms with Gasteiger partial charge >= 0.3 is 0 Å². The SMILES string of the molecule is CN1CCN(CCCCC(C)(N)C#N)c2ccccc21. The Bertz CT molecular complexity index is 489. The topological polar surface area (TPSA) is 56.3 Å². The van der Waals surface area contributed by atoms with Crippen LogP contribution in [0.4, 0.5) is 11.4 Å². The average molecular weight is 272 g/mol. The molecule has 1 aliphatic heterocycles. The second kappa shape index (κ2) is 6.15. The molecule has 2 N–H and O–H groups in total. The fraction of sp³-hybridized carbons (Fsp3) is 0.562. The molecule has 1 aliphatic rings. The molecule has 4 nitrogen and oxygen atoms in total. The molecule has 0 saturated carbocycles. The minimum Gasteiger partial charge on any atom is -0.371 e. The number of anilines is 2. The largest absolute Gasteiger partial charge is 0.371 e. The van der Waals surface area contributed by atoms with Gasteiger partial charge in [-0.05, 0) is 38.3 Å². The lowest BCUT2D eigenvalue weighted by atomic mass is 9.98. The van der Waals surface area contributed by atoms with Gasteiger partial charge in [0.1, 0.15) is 5.54 Å². The Labute approximate surface area is 121 Å². The van der Waals surface area contributed by atoms with Crippen LogP contribution in [0, 0.1) is 11.3 Å². The van der Waals surface area contributed by atoms with E-state index in [4.69, 9.17) is 11.0 Å². The van der Waals surface area contributed by atoms with Crippen LogP contribution in [0.1, 0.15) is 26.2 Å². The van der Waals surface area contributed by atoms with Gasteiger partial charge in [0, 0.05) is 26.7 Å². The first-order valence-corrected chi connectivity index (χ1v) is 7.29. The molecule has 0 aliphatic carbocycles. The van der Waals surface area contributed by atoms with Gasteiger partial charge in [0.15, 0.2) is 0 Å². The zero-order valence-corrected chi connectivity index (χ0v) is 12.5. The summed E-state index contributed by atoms with van der Waals surface area (Å²) in [5.74, 6) is 0. The van der Waals surface area contributed by atoms with Crippen molar-refractivity contribution in [3.63, 3.8) is 0 Å². The van der Waals surface area contributed by atoms with E-state index >= 15 is 0 Å². The second-order valence-electron chi connectivity index (χ2n) is 5.88. The van der Waals surface area contributed by atoms with E-state index in [-0.39, 0.29) is 0 Å². The lowest BCUT2D eigenvalue weighted by molar-refractivity contribution is 0.506. The highest BCUT2D eigenvalue weighted by atomic mass is 15.2. The predicted molar refractivity (Wildman–Crippen MR) is 84.0 cm³/mol. The third-order valence-corrected chi connectivity index (χ3v) is 3.97. The van der Waals surface area contributed by atoms with Crippen molar-refractivity contribution in [1.82, 2.24) is 0 Å². The zero-order valence-electron chi connectivity index (χ0n) is 12.5. The first-order valence-electron chi connectivity index (χ1n) is 7.29. The molecule has 0 saturated heterocycles. The van der Waals surface area contributed by atoms with Gasteiger partial charge in [0.25, 0.3) is 0 Å². The second-order valence-corrected chi connectivity index (χ2v) is 5.88. The highest BCUT2D eigenvalue weighted by Crippen LogP contribution is 2.31. The van der Waals surface area contributed by atoms with Crippen molar-refractivity contribution < 1.29 is 0 Å². The molecule has 1 unspecified atom stereocenters. The maximum absolute atomic E-state index is 8.91. The van der Waals surface area contributed by atoms with E-state index in [1.165, 1.54) is 11.4 Å². The van der Waals surface area contributed by atoms with Gasteiger partial charge < -0.3 is 15.5 Å². The van der Waals surface area contributed by atoms with Gasteiger partial charge in [-0.2, -0.15) is 5.26 Å². The summed E-state index contributed by atoms with van der Waals surface area (Å²) in [6.45, 7) is 4.96. The fourth-order valence-corrected chi connectivity index (χ4v) is 2.65. The molecule has 0 bridgehead atoms. The van der Waals surface area contributed by atoms with E-state index in [1.54, 1.807) is 6.92 Å². The van der Waals surface area contributed by atoms with Gasteiger partial charge in [-0.3, -0.25) is 0 Å². The first-order chi connectivity index (χ1) is 9.53. The molecule has 2 rings (SSSR count). The molecule has 0 fully saturated rings. The molecule has 1 aromatic rings. The van der Waals surface area contributed by atoms with Crippen LogP contribution in [0.15, 0.2) is 24.3 Å². The van der Waals surface area contributed by atoms with E-state index in [9.17, 15) is 0 Å². The van der Waals surface area contributed by atoms with Gasteiger partial charge in [0.2, 0.25) is 0 Å². The number of unbranched alkanes of at least 4 members (excludes halogenated alkanes) is 1. The van der Waals surface area contributed by atoms with Crippen LogP contribution >= 0.6 is 0 Å². The standard InChI is InChI=1S/C16H24N4/c1-16(18,13-17)9-5-6-10-20-12-11-19(2)14-7-3-4-8-15(14)20/h3-4,7-8H,5-6,9-12,18H2,1-2H3. The number of para-hydroxylation sites is 2. The van der Waals surface area contributed by atoms with Crippen LogP contribution in [0.25, 0.3) is 0 Å². The highest BCUT2D eigenvalue weighted by molar-refractivity contribution is 5.72. The quantitative estimate of drug-likeness (QED) is 0.836. The van der Waals surface area contributed by atoms with Crippen LogP contribution < -0.4 is 15.5 Å². The van der Waals surface area contributed by atoms with Gasteiger partial charge in [0.05, 0.1) is 17.4 Å². The summed E-state index contributed by atoms with van der Waals surface area (Å²) in [6.07, 6.45) is 2.83. The third-order valence-electron chi connectivity index (χ3n) is 3.97. The molecule has 1 atom stereocenters. The number of rotatable bonds is 5. The van der Waals surface area contributed by atoms with Gasteiger partial charge in [-0.1, -0.05) is 12.1 Å². The lowest BCUT2D eigenvalue weighted by Gasteiger charge is -2.37. The fourth-order valence-electron chi connectivity index (χ4n) is 2.65. The number of nitrogens with two attached hydrogens (primary N) is 1. The average Bonchev–Trinajstić information content (AvgIpc) is 2.46. The number of fused-ring (bicyclic) bond motifs is 1. The van der Waals surface area contributed by atoms with Crippen LogP contribution in [0.5, 0.6) is 0 Å². The van der Waals surface area contributed by atoms with Crippen molar-refractivity contribution in [2.24, 2.45) is 5.73 Å².